The van der Waals surface area contributed by atoms with E-state index in [2.05, 4.69) is 15.3 Å². The Morgan fingerprint density at radius 2 is 2.00 bits per heavy atom. The lowest BCUT2D eigenvalue weighted by Crippen LogP contribution is -2.05. The third kappa shape index (κ3) is 2.90. The number of aromatic nitrogens is 2. The zero-order chi connectivity index (χ0) is 13.0. The number of ether oxygens (including phenoxy) is 1. The van der Waals surface area contributed by atoms with Gasteiger partial charge in [0.2, 0.25) is 5.95 Å². The lowest BCUT2D eigenvalue weighted by atomic mass is 10.2. The molecule has 18 heavy (non-hydrogen) atoms. The first-order valence-corrected chi connectivity index (χ1v) is 5.92. The van der Waals surface area contributed by atoms with Gasteiger partial charge in [0, 0.05) is 29.5 Å². The third-order valence-corrected chi connectivity index (χ3v) is 2.85. The number of nitrogens with zero attached hydrogens (tertiary/aromatic N) is 2. The molecule has 1 aromatic carbocycles. The number of aryl methyl sites for hydroxylation is 1. The lowest BCUT2D eigenvalue weighted by Gasteiger charge is -2.11. The third-order valence-electron chi connectivity index (χ3n) is 2.50. The maximum atomic E-state index is 6.14. The zero-order valence-electron chi connectivity index (χ0n) is 10.3. The maximum Gasteiger partial charge on any atom is 0.222 e. The van der Waals surface area contributed by atoms with E-state index in [4.69, 9.17) is 16.3 Å². The summed E-state index contributed by atoms with van der Waals surface area (Å²) in [4.78, 5) is 8.34. The minimum absolute atomic E-state index is 0.520. The molecule has 5 heteroatoms. The van der Waals surface area contributed by atoms with Gasteiger partial charge in [-0.25, -0.2) is 9.97 Å². The fraction of sp³-hybridized carbons (Fsp3) is 0.231. The van der Waals surface area contributed by atoms with Gasteiger partial charge in [-0.3, -0.25) is 0 Å². The molecular weight excluding hydrogens is 250 g/mol. The van der Waals surface area contributed by atoms with Gasteiger partial charge < -0.3 is 10.1 Å². The first-order valence-electron chi connectivity index (χ1n) is 5.54. The Hall–Kier alpha value is -1.81. The molecular formula is C13H14ClN3O. The van der Waals surface area contributed by atoms with Crippen LogP contribution in [-0.4, -0.2) is 17.1 Å². The highest BCUT2D eigenvalue weighted by molar-refractivity contribution is 6.31. The fourth-order valence-electron chi connectivity index (χ4n) is 1.55. The number of halogens is 1. The number of hydrogen-bond acceptors (Lipinski definition) is 4. The van der Waals surface area contributed by atoms with Gasteiger partial charge in [-0.15, -0.1) is 0 Å². The van der Waals surface area contributed by atoms with Crippen LogP contribution in [0.2, 0.25) is 5.02 Å². The molecule has 0 spiro atoms. The Bertz CT molecular complexity index is 528. The second-order valence-electron chi connectivity index (χ2n) is 3.86. The molecule has 1 N–H and O–H groups in total. The van der Waals surface area contributed by atoms with E-state index in [0.717, 1.165) is 16.9 Å². The van der Waals surface area contributed by atoms with Gasteiger partial charge in [-0.2, -0.15) is 0 Å². The van der Waals surface area contributed by atoms with Crippen molar-refractivity contribution in [2.24, 2.45) is 0 Å². The average Bonchev–Trinajstić information content (AvgIpc) is 2.39. The number of methoxy groups -OCH3 is 1. The Morgan fingerprint density at radius 1 is 1.28 bits per heavy atom. The summed E-state index contributed by atoms with van der Waals surface area (Å²) < 4.78 is 5.27. The number of hydrogen-bond donors (Lipinski definition) is 1. The highest BCUT2D eigenvalue weighted by Crippen LogP contribution is 2.26. The normalized spacial score (nSPS) is 10.2. The van der Waals surface area contributed by atoms with E-state index < -0.39 is 0 Å². The van der Waals surface area contributed by atoms with Crippen molar-refractivity contribution in [3.05, 3.63) is 46.7 Å². The van der Waals surface area contributed by atoms with Crippen molar-refractivity contribution < 1.29 is 4.74 Å². The Morgan fingerprint density at radius 3 is 2.67 bits per heavy atom. The van der Waals surface area contributed by atoms with Gasteiger partial charge in [-0.1, -0.05) is 17.7 Å². The van der Waals surface area contributed by atoms with Crippen LogP contribution in [0.5, 0.6) is 5.75 Å². The lowest BCUT2D eigenvalue weighted by molar-refractivity contribution is 0.410. The van der Waals surface area contributed by atoms with Crippen molar-refractivity contribution in [2.45, 2.75) is 13.5 Å². The van der Waals surface area contributed by atoms with Gasteiger partial charge in [0.25, 0.3) is 0 Å². The van der Waals surface area contributed by atoms with Crippen LogP contribution in [0, 0.1) is 6.92 Å². The summed E-state index contributed by atoms with van der Waals surface area (Å²) >= 11 is 6.14. The second-order valence-corrected chi connectivity index (χ2v) is 4.27. The standard InChI is InChI=1S/C13H14ClN3O/c1-9-6-15-13(16-7-9)17-8-10-11(14)4-3-5-12(10)18-2/h3-7H,8H2,1-2H3,(H,15,16,17). The molecule has 0 saturated carbocycles. The van der Waals surface area contributed by atoms with E-state index in [1.807, 2.05) is 25.1 Å². The summed E-state index contributed by atoms with van der Waals surface area (Å²) in [5.74, 6) is 1.32. The second kappa shape index (κ2) is 5.69. The van der Waals surface area contributed by atoms with E-state index in [1.165, 1.54) is 0 Å². The van der Waals surface area contributed by atoms with Crippen molar-refractivity contribution in [3.8, 4) is 5.75 Å². The van der Waals surface area contributed by atoms with E-state index in [1.54, 1.807) is 19.5 Å². The molecule has 0 bridgehead atoms. The molecule has 0 saturated heterocycles. The van der Waals surface area contributed by atoms with E-state index in [0.29, 0.717) is 17.5 Å². The molecule has 0 atom stereocenters. The molecule has 0 fully saturated rings. The molecule has 0 amide bonds. The van der Waals surface area contributed by atoms with Gasteiger partial charge in [0.15, 0.2) is 0 Å². The van der Waals surface area contributed by atoms with Crippen molar-refractivity contribution >= 4 is 17.5 Å². The molecule has 0 unspecified atom stereocenters. The van der Waals surface area contributed by atoms with Crippen LogP contribution in [0.1, 0.15) is 11.1 Å². The topological polar surface area (TPSA) is 47.0 Å². The largest absolute Gasteiger partial charge is 0.496 e. The van der Waals surface area contributed by atoms with Gasteiger partial charge >= 0.3 is 0 Å². The first kappa shape index (κ1) is 12.6. The van der Waals surface area contributed by atoms with Crippen LogP contribution in [0.25, 0.3) is 0 Å². The first-order chi connectivity index (χ1) is 8.70. The summed E-state index contributed by atoms with van der Waals surface area (Å²) in [7, 11) is 1.62. The molecule has 1 heterocycles. The average molecular weight is 264 g/mol. The Kier molecular flexibility index (Phi) is 3.99. The Labute approximate surface area is 111 Å². The summed E-state index contributed by atoms with van der Waals surface area (Å²) in [5, 5.41) is 3.78. The van der Waals surface area contributed by atoms with Gasteiger partial charge in [0.05, 0.1) is 7.11 Å². The van der Waals surface area contributed by atoms with E-state index >= 15 is 0 Å². The monoisotopic (exact) mass is 263 g/mol. The maximum absolute atomic E-state index is 6.14. The molecule has 4 nitrogen and oxygen atoms in total. The molecule has 1 aromatic heterocycles. The number of benzene rings is 1. The molecule has 2 rings (SSSR count). The van der Waals surface area contributed by atoms with E-state index in [-0.39, 0.29) is 0 Å². The highest BCUT2D eigenvalue weighted by atomic mass is 35.5. The molecule has 0 radical (unpaired) electrons. The summed E-state index contributed by atoms with van der Waals surface area (Å²) in [6, 6.07) is 5.56. The fourth-order valence-corrected chi connectivity index (χ4v) is 1.79. The number of nitrogens with one attached hydrogen (secondary N) is 1. The Balaban J connectivity index is 2.12. The zero-order valence-corrected chi connectivity index (χ0v) is 11.0. The molecule has 2 aromatic rings. The summed E-state index contributed by atoms with van der Waals surface area (Å²) in [5.41, 5.74) is 1.92. The molecule has 0 aliphatic rings. The van der Waals surface area contributed by atoms with Crippen LogP contribution < -0.4 is 10.1 Å². The van der Waals surface area contributed by atoms with Crippen molar-refractivity contribution in [3.63, 3.8) is 0 Å². The molecule has 0 aliphatic carbocycles. The van der Waals surface area contributed by atoms with Crippen LogP contribution in [0.4, 0.5) is 5.95 Å². The minimum Gasteiger partial charge on any atom is -0.496 e. The van der Waals surface area contributed by atoms with Gasteiger partial charge in [0.1, 0.15) is 5.75 Å². The molecule has 0 aliphatic heterocycles. The SMILES string of the molecule is COc1cccc(Cl)c1CNc1ncc(C)cn1. The van der Waals surface area contributed by atoms with Crippen molar-refractivity contribution in [1.29, 1.82) is 0 Å². The highest BCUT2D eigenvalue weighted by Gasteiger charge is 2.07. The quantitative estimate of drug-likeness (QED) is 0.921. The number of anilines is 1. The minimum atomic E-state index is 0.520. The van der Waals surface area contributed by atoms with Crippen LogP contribution in [0.15, 0.2) is 30.6 Å². The molecule has 94 valence electrons. The predicted octanol–water partition coefficient (Wildman–Crippen LogP) is 3.06. The van der Waals surface area contributed by atoms with Crippen LogP contribution >= 0.6 is 11.6 Å². The van der Waals surface area contributed by atoms with Crippen LogP contribution in [0.3, 0.4) is 0 Å². The van der Waals surface area contributed by atoms with Crippen LogP contribution in [-0.2, 0) is 6.54 Å². The van der Waals surface area contributed by atoms with Gasteiger partial charge in [-0.05, 0) is 24.6 Å². The predicted molar refractivity (Wildman–Crippen MR) is 72.1 cm³/mol. The van der Waals surface area contributed by atoms with Crippen molar-refractivity contribution in [1.82, 2.24) is 9.97 Å². The number of rotatable bonds is 4. The summed E-state index contributed by atoms with van der Waals surface area (Å²) in [6.07, 6.45) is 3.53. The summed E-state index contributed by atoms with van der Waals surface area (Å²) in [6.45, 7) is 2.47. The van der Waals surface area contributed by atoms with Crippen molar-refractivity contribution in [2.75, 3.05) is 12.4 Å². The van der Waals surface area contributed by atoms with E-state index in [9.17, 15) is 0 Å². The smallest absolute Gasteiger partial charge is 0.222 e.